The Balaban J connectivity index is 1.94. The molecule has 0 aromatic carbocycles. The molecular formula is C17H28N4O5S. The number of ether oxygens (including phenoxy) is 1. The minimum atomic E-state index is -3.61. The number of aromatic nitrogens is 1. The second-order valence-corrected chi connectivity index (χ2v) is 9.48. The lowest BCUT2D eigenvalue weighted by molar-refractivity contribution is 0.0199. The molecule has 1 aliphatic rings. The highest BCUT2D eigenvalue weighted by molar-refractivity contribution is 7.89. The summed E-state index contributed by atoms with van der Waals surface area (Å²) in [6.45, 7) is 6.44. The SMILES string of the molecule is CNS(=O)(=O)c1cc(C(=O)NC2CCN(C(=O)OC(C)(C)C)CC2)n(C)c1. The van der Waals surface area contributed by atoms with Gasteiger partial charge < -0.3 is 19.5 Å². The Morgan fingerprint density at radius 1 is 1.22 bits per heavy atom. The Morgan fingerprint density at radius 2 is 1.81 bits per heavy atom. The number of nitrogens with one attached hydrogen (secondary N) is 2. The number of amides is 2. The average Bonchev–Trinajstić information content (AvgIpc) is 2.96. The van der Waals surface area contributed by atoms with Crippen molar-refractivity contribution in [3.63, 3.8) is 0 Å². The molecule has 1 aromatic heterocycles. The summed E-state index contributed by atoms with van der Waals surface area (Å²) in [5.74, 6) is -0.342. The summed E-state index contributed by atoms with van der Waals surface area (Å²) >= 11 is 0. The van der Waals surface area contributed by atoms with Crippen LogP contribution in [0.4, 0.5) is 4.79 Å². The highest BCUT2D eigenvalue weighted by Gasteiger charge is 2.28. The summed E-state index contributed by atoms with van der Waals surface area (Å²) in [5.41, 5.74) is -0.279. The zero-order chi connectivity index (χ0) is 20.4. The van der Waals surface area contributed by atoms with E-state index in [1.165, 1.54) is 23.9 Å². The molecule has 0 radical (unpaired) electrons. The molecule has 0 unspecified atom stereocenters. The second-order valence-electron chi connectivity index (χ2n) is 7.59. The number of sulfonamides is 1. The molecule has 2 rings (SSSR count). The Hall–Kier alpha value is -2.07. The van der Waals surface area contributed by atoms with Crippen molar-refractivity contribution in [2.24, 2.45) is 7.05 Å². The molecule has 1 saturated heterocycles. The molecule has 27 heavy (non-hydrogen) atoms. The number of aryl methyl sites for hydroxylation is 1. The van der Waals surface area contributed by atoms with Crippen LogP contribution in [0.3, 0.4) is 0 Å². The topological polar surface area (TPSA) is 110 Å². The molecule has 1 fully saturated rings. The van der Waals surface area contributed by atoms with Crippen LogP contribution in [0.15, 0.2) is 17.2 Å². The molecule has 0 aliphatic carbocycles. The monoisotopic (exact) mass is 400 g/mol. The van der Waals surface area contributed by atoms with E-state index in [1.54, 1.807) is 11.9 Å². The summed E-state index contributed by atoms with van der Waals surface area (Å²) in [6, 6.07) is 1.26. The lowest BCUT2D eigenvalue weighted by atomic mass is 10.1. The van der Waals surface area contributed by atoms with E-state index in [-0.39, 0.29) is 28.6 Å². The van der Waals surface area contributed by atoms with Gasteiger partial charge in [-0.1, -0.05) is 0 Å². The first-order valence-corrected chi connectivity index (χ1v) is 10.3. The number of hydrogen-bond donors (Lipinski definition) is 2. The van der Waals surface area contributed by atoms with Gasteiger partial charge in [-0.3, -0.25) is 4.79 Å². The van der Waals surface area contributed by atoms with Gasteiger partial charge in [-0.15, -0.1) is 0 Å². The summed E-state index contributed by atoms with van der Waals surface area (Å²) in [6.07, 6.45) is 2.26. The quantitative estimate of drug-likeness (QED) is 0.785. The number of nitrogens with zero attached hydrogens (tertiary/aromatic N) is 2. The minimum Gasteiger partial charge on any atom is -0.444 e. The van der Waals surface area contributed by atoms with Gasteiger partial charge in [0.2, 0.25) is 10.0 Å². The van der Waals surface area contributed by atoms with E-state index in [2.05, 4.69) is 10.0 Å². The molecule has 0 spiro atoms. The van der Waals surface area contributed by atoms with Gasteiger partial charge >= 0.3 is 6.09 Å². The van der Waals surface area contributed by atoms with Crippen molar-refractivity contribution in [3.8, 4) is 0 Å². The molecule has 2 amide bonds. The molecule has 1 aliphatic heterocycles. The van der Waals surface area contributed by atoms with Crippen LogP contribution in [-0.2, 0) is 21.8 Å². The lowest BCUT2D eigenvalue weighted by Crippen LogP contribution is -2.48. The third kappa shape index (κ3) is 5.46. The van der Waals surface area contributed by atoms with E-state index < -0.39 is 15.6 Å². The predicted octanol–water partition coefficient (Wildman–Crippen LogP) is 1.06. The number of rotatable bonds is 4. The Kier molecular flexibility index (Phi) is 6.21. The van der Waals surface area contributed by atoms with Crippen molar-refractivity contribution in [1.82, 2.24) is 19.5 Å². The summed E-state index contributed by atoms with van der Waals surface area (Å²) in [4.78, 5) is 26.3. The molecular weight excluding hydrogens is 372 g/mol. The molecule has 152 valence electrons. The van der Waals surface area contributed by atoms with E-state index in [4.69, 9.17) is 4.74 Å². The Morgan fingerprint density at radius 3 is 2.33 bits per heavy atom. The lowest BCUT2D eigenvalue weighted by Gasteiger charge is -2.33. The molecule has 9 nitrogen and oxygen atoms in total. The normalized spacial score (nSPS) is 16.3. The van der Waals surface area contributed by atoms with Crippen LogP contribution in [-0.4, -0.2) is 61.7 Å². The molecule has 2 N–H and O–H groups in total. The van der Waals surface area contributed by atoms with Gasteiger partial charge in [-0.2, -0.15) is 0 Å². The van der Waals surface area contributed by atoms with Crippen LogP contribution in [0.25, 0.3) is 0 Å². The molecule has 0 bridgehead atoms. The maximum Gasteiger partial charge on any atom is 0.410 e. The van der Waals surface area contributed by atoms with Crippen molar-refractivity contribution in [3.05, 3.63) is 18.0 Å². The molecule has 10 heteroatoms. The Bertz CT molecular complexity index is 802. The molecule has 2 heterocycles. The van der Waals surface area contributed by atoms with Gasteiger partial charge in [0.1, 0.15) is 16.2 Å². The molecule has 0 saturated carbocycles. The number of hydrogen-bond acceptors (Lipinski definition) is 5. The first-order valence-electron chi connectivity index (χ1n) is 8.81. The minimum absolute atomic E-state index is 0.0393. The van der Waals surface area contributed by atoms with Gasteiger partial charge in [0.25, 0.3) is 5.91 Å². The van der Waals surface area contributed by atoms with Gasteiger partial charge in [-0.05, 0) is 46.7 Å². The number of carbonyl (C=O) groups is 2. The van der Waals surface area contributed by atoms with Gasteiger partial charge in [0.15, 0.2) is 0 Å². The van der Waals surface area contributed by atoms with Crippen LogP contribution < -0.4 is 10.0 Å². The summed E-state index contributed by atoms with van der Waals surface area (Å²) < 4.78 is 32.8. The van der Waals surface area contributed by atoms with Crippen molar-refractivity contribution in [2.45, 2.75) is 50.2 Å². The molecule has 1 aromatic rings. The van der Waals surface area contributed by atoms with Crippen molar-refractivity contribution < 1.29 is 22.7 Å². The van der Waals surface area contributed by atoms with E-state index >= 15 is 0 Å². The number of likely N-dealkylation sites (tertiary alicyclic amines) is 1. The van der Waals surface area contributed by atoms with Crippen molar-refractivity contribution >= 4 is 22.0 Å². The fourth-order valence-corrected chi connectivity index (χ4v) is 3.62. The van der Waals surface area contributed by atoms with E-state index in [9.17, 15) is 18.0 Å². The van der Waals surface area contributed by atoms with Gasteiger partial charge in [0, 0.05) is 32.4 Å². The van der Waals surface area contributed by atoms with E-state index in [0.717, 1.165) is 0 Å². The highest BCUT2D eigenvalue weighted by atomic mass is 32.2. The largest absolute Gasteiger partial charge is 0.444 e. The maximum absolute atomic E-state index is 12.5. The van der Waals surface area contributed by atoms with Crippen LogP contribution in [0.5, 0.6) is 0 Å². The summed E-state index contributed by atoms with van der Waals surface area (Å²) in [5, 5.41) is 2.91. The van der Waals surface area contributed by atoms with Crippen molar-refractivity contribution in [2.75, 3.05) is 20.1 Å². The zero-order valence-corrected chi connectivity index (χ0v) is 17.2. The van der Waals surface area contributed by atoms with E-state index in [0.29, 0.717) is 25.9 Å². The van der Waals surface area contributed by atoms with Crippen LogP contribution in [0.1, 0.15) is 44.1 Å². The van der Waals surface area contributed by atoms with Crippen LogP contribution in [0.2, 0.25) is 0 Å². The van der Waals surface area contributed by atoms with Crippen LogP contribution in [0, 0.1) is 0 Å². The fraction of sp³-hybridized carbons (Fsp3) is 0.647. The molecule has 0 atom stereocenters. The summed E-state index contributed by atoms with van der Waals surface area (Å²) in [7, 11) is -0.668. The van der Waals surface area contributed by atoms with Crippen LogP contribution >= 0.6 is 0 Å². The van der Waals surface area contributed by atoms with E-state index in [1.807, 2.05) is 20.8 Å². The number of piperidine rings is 1. The Labute approximate surface area is 160 Å². The highest BCUT2D eigenvalue weighted by Crippen LogP contribution is 2.17. The van der Waals surface area contributed by atoms with Gasteiger partial charge in [0.05, 0.1) is 0 Å². The first kappa shape index (κ1) is 21.2. The fourth-order valence-electron chi connectivity index (χ4n) is 2.82. The predicted molar refractivity (Wildman–Crippen MR) is 100.0 cm³/mol. The third-order valence-electron chi connectivity index (χ3n) is 4.27. The maximum atomic E-state index is 12.5. The van der Waals surface area contributed by atoms with Crippen molar-refractivity contribution in [1.29, 1.82) is 0 Å². The average molecular weight is 401 g/mol. The number of carbonyl (C=O) groups excluding carboxylic acids is 2. The second kappa shape index (κ2) is 7.89. The standard InChI is InChI=1S/C17H28N4O5S/c1-17(2,3)26-16(23)21-8-6-12(7-9-21)19-15(22)14-10-13(11-20(14)5)27(24,25)18-4/h10-12,18H,6-9H2,1-5H3,(H,19,22). The zero-order valence-electron chi connectivity index (χ0n) is 16.4. The first-order chi connectivity index (χ1) is 12.4. The van der Waals surface area contributed by atoms with Gasteiger partial charge in [-0.25, -0.2) is 17.9 Å². The third-order valence-corrected chi connectivity index (χ3v) is 5.65. The smallest absolute Gasteiger partial charge is 0.410 e.